The Morgan fingerprint density at radius 2 is 1.76 bits per heavy atom. The molecule has 0 bridgehead atoms. The highest BCUT2D eigenvalue weighted by molar-refractivity contribution is 5.95. The van der Waals surface area contributed by atoms with Crippen molar-refractivity contribution in [1.29, 1.82) is 5.41 Å². The average molecular weight is 417 g/mol. The quantitative estimate of drug-likeness (QED) is 0.442. The first-order chi connectivity index (χ1) is 13.5. The van der Waals surface area contributed by atoms with Crippen LogP contribution < -0.4 is 5.73 Å². The highest BCUT2D eigenvalue weighted by Gasteiger charge is 2.25. The molecule has 3 rings (SSSR count). The van der Waals surface area contributed by atoms with Gasteiger partial charge in [0.25, 0.3) is 5.91 Å². The number of benzene rings is 1. The van der Waals surface area contributed by atoms with E-state index < -0.39 is 0 Å². The maximum absolute atomic E-state index is 12.7. The van der Waals surface area contributed by atoms with E-state index in [-0.39, 0.29) is 36.0 Å². The lowest BCUT2D eigenvalue weighted by Crippen LogP contribution is -2.38. The van der Waals surface area contributed by atoms with Crippen molar-refractivity contribution < 1.29 is 14.3 Å². The molecule has 0 radical (unpaired) electrons. The average Bonchev–Trinajstić information content (AvgIpc) is 2.74. The maximum Gasteiger partial charge on any atom is 0.305 e. The Morgan fingerprint density at radius 3 is 2.28 bits per heavy atom. The zero-order valence-corrected chi connectivity index (χ0v) is 17.1. The SMILES string of the molecule is COC(=O)CC1CCN(C(=O)c2ccc(-c3ccc(C(=N)N)cn3)cc2)CC1.Cl. The number of nitrogen functional groups attached to an aromatic ring is 1. The number of nitrogens with one attached hydrogen (secondary N) is 1. The third-order valence-electron chi connectivity index (χ3n) is 5.09. The maximum atomic E-state index is 12.7. The number of amidine groups is 1. The zero-order chi connectivity index (χ0) is 20.1. The van der Waals surface area contributed by atoms with Crippen molar-refractivity contribution in [2.75, 3.05) is 20.2 Å². The van der Waals surface area contributed by atoms with E-state index in [1.807, 2.05) is 17.0 Å². The predicted molar refractivity (Wildman–Crippen MR) is 113 cm³/mol. The van der Waals surface area contributed by atoms with Crippen molar-refractivity contribution in [2.45, 2.75) is 19.3 Å². The number of piperidine rings is 1. The molecule has 154 valence electrons. The molecule has 8 heteroatoms. The summed E-state index contributed by atoms with van der Waals surface area (Å²) in [4.78, 5) is 30.3. The predicted octanol–water partition coefficient (Wildman–Crippen LogP) is 2.87. The van der Waals surface area contributed by atoms with Gasteiger partial charge in [-0.15, -0.1) is 12.4 Å². The summed E-state index contributed by atoms with van der Waals surface area (Å²) in [6, 6.07) is 10.9. The number of nitrogens with zero attached hydrogens (tertiary/aromatic N) is 2. The molecule has 3 N–H and O–H groups in total. The van der Waals surface area contributed by atoms with Crippen LogP contribution in [0.5, 0.6) is 0 Å². The van der Waals surface area contributed by atoms with Crippen LogP contribution in [0.4, 0.5) is 0 Å². The second kappa shape index (κ2) is 10.0. The molecule has 1 aromatic carbocycles. The molecule has 1 aromatic heterocycles. The molecule has 2 aromatic rings. The summed E-state index contributed by atoms with van der Waals surface area (Å²) in [6.07, 6.45) is 3.61. The first-order valence-corrected chi connectivity index (χ1v) is 9.25. The van der Waals surface area contributed by atoms with Crippen LogP contribution in [0.25, 0.3) is 11.3 Å². The fraction of sp³-hybridized carbons (Fsp3) is 0.333. The van der Waals surface area contributed by atoms with E-state index >= 15 is 0 Å². The minimum atomic E-state index is -0.190. The summed E-state index contributed by atoms with van der Waals surface area (Å²) in [5.74, 6) is 0.0755. The molecule has 1 aliphatic heterocycles. The molecule has 2 heterocycles. The lowest BCUT2D eigenvalue weighted by Gasteiger charge is -2.31. The van der Waals surface area contributed by atoms with Crippen molar-refractivity contribution in [1.82, 2.24) is 9.88 Å². The van der Waals surface area contributed by atoms with Crippen LogP contribution in [0.15, 0.2) is 42.6 Å². The van der Waals surface area contributed by atoms with Gasteiger partial charge in [-0.3, -0.25) is 20.0 Å². The highest BCUT2D eigenvalue weighted by Crippen LogP contribution is 2.23. The summed E-state index contributed by atoms with van der Waals surface area (Å²) < 4.78 is 4.72. The Kier molecular flexibility index (Phi) is 7.73. The number of hydrogen-bond acceptors (Lipinski definition) is 5. The van der Waals surface area contributed by atoms with Gasteiger partial charge in [-0.25, -0.2) is 0 Å². The van der Waals surface area contributed by atoms with Crippen molar-refractivity contribution >= 4 is 30.1 Å². The number of esters is 1. The molecule has 1 fully saturated rings. The smallest absolute Gasteiger partial charge is 0.305 e. The number of aromatic nitrogens is 1. The number of hydrogen-bond donors (Lipinski definition) is 2. The van der Waals surface area contributed by atoms with Crippen molar-refractivity contribution in [3.8, 4) is 11.3 Å². The molecular formula is C21H25ClN4O3. The Bertz CT molecular complexity index is 860. The summed E-state index contributed by atoms with van der Waals surface area (Å²) in [5.41, 5.74) is 8.30. The summed E-state index contributed by atoms with van der Waals surface area (Å²) in [6.45, 7) is 1.30. The van der Waals surface area contributed by atoms with E-state index in [1.54, 1.807) is 30.5 Å². The first-order valence-electron chi connectivity index (χ1n) is 9.25. The van der Waals surface area contributed by atoms with Crippen LogP contribution in [0.3, 0.4) is 0 Å². The molecule has 1 saturated heterocycles. The Balaban J connectivity index is 0.00000300. The van der Waals surface area contributed by atoms with Crippen LogP contribution in [-0.2, 0) is 9.53 Å². The molecule has 1 amide bonds. The number of ether oxygens (including phenoxy) is 1. The van der Waals surface area contributed by atoms with Gasteiger partial charge in [0.1, 0.15) is 5.84 Å². The molecule has 29 heavy (non-hydrogen) atoms. The second-order valence-electron chi connectivity index (χ2n) is 6.94. The van der Waals surface area contributed by atoms with Gasteiger partial charge in [0, 0.05) is 42.4 Å². The lowest BCUT2D eigenvalue weighted by atomic mass is 9.93. The van der Waals surface area contributed by atoms with Crippen LogP contribution in [-0.4, -0.2) is 47.8 Å². The third-order valence-corrected chi connectivity index (χ3v) is 5.09. The van der Waals surface area contributed by atoms with Gasteiger partial charge in [0.15, 0.2) is 0 Å². The minimum Gasteiger partial charge on any atom is -0.469 e. The molecular weight excluding hydrogens is 392 g/mol. The number of amides is 1. The van der Waals surface area contributed by atoms with Crippen LogP contribution in [0.1, 0.15) is 35.2 Å². The van der Waals surface area contributed by atoms with E-state index in [2.05, 4.69) is 4.98 Å². The minimum absolute atomic E-state index is 0. The normalized spacial score (nSPS) is 14.0. The summed E-state index contributed by atoms with van der Waals surface area (Å²) in [7, 11) is 1.40. The van der Waals surface area contributed by atoms with Crippen molar-refractivity contribution in [3.05, 3.63) is 53.7 Å². The van der Waals surface area contributed by atoms with E-state index in [1.165, 1.54) is 7.11 Å². The van der Waals surface area contributed by atoms with Crippen LogP contribution in [0, 0.1) is 11.3 Å². The number of rotatable bonds is 5. The molecule has 7 nitrogen and oxygen atoms in total. The number of pyridine rings is 1. The number of nitrogens with two attached hydrogens (primary N) is 1. The number of carbonyl (C=O) groups is 2. The Morgan fingerprint density at radius 1 is 1.14 bits per heavy atom. The van der Waals surface area contributed by atoms with Gasteiger partial charge in [0.05, 0.1) is 12.8 Å². The Hall–Kier alpha value is -2.93. The van der Waals surface area contributed by atoms with Gasteiger partial charge in [0.2, 0.25) is 0 Å². The van der Waals surface area contributed by atoms with Gasteiger partial charge >= 0.3 is 5.97 Å². The monoisotopic (exact) mass is 416 g/mol. The van der Waals surface area contributed by atoms with Gasteiger partial charge < -0.3 is 15.4 Å². The lowest BCUT2D eigenvalue weighted by molar-refractivity contribution is -0.142. The molecule has 0 unspecified atom stereocenters. The first kappa shape index (κ1) is 22.4. The standard InChI is InChI=1S/C21H24N4O3.ClH/c1-28-19(26)12-14-8-10-25(11-9-14)21(27)16-4-2-15(3-5-16)18-7-6-17(13-24-18)20(22)23;/h2-7,13-14H,8-12H2,1H3,(H3,22,23);1H. The number of methoxy groups -OCH3 is 1. The third kappa shape index (κ3) is 5.54. The summed E-state index contributed by atoms with van der Waals surface area (Å²) in [5, 5.41) is 7.41. The zero-order valence-electron chi connectivity index (χ0n) is 16.3. The molecule has 0 aliphatic carbocycles. The Labute approximate surface area is 176 Å². The second-order valence-corrected chi connectivity index (χ2v) is 6.94. The molecule has 1 aliphatic rings. The van der Waals surface area contributed by atoms with Gasteiger partial charge in [-0.05, 0) is 43.0 Å². The number of likely N-dealkylation sites (tertiary alicyclic amines) is 1. The van der Waals surface area contributed by atoms with Crippen molar-refractivity contribution in [3.63, 3.8) is 0 Å². The largest absolute Gasteiger partial charge is 0.469 e. The fourth-order valence-electron chi connectivity index (χ4n) is 3.35. The van der Waals surface area contributed by atoms with Crippen molar-refractivity contribution in [2.24, 2.45) is 11.7 Å². The van der Waals surface area contributed by atoms with Crippen LogP contribution in [0.2, 0.25) is 0 Å². The van der Waals surface area contributed by atoms with E-state index in [4.69, 9.17) is 15.9 Å². The van der Waals surface area contributed by atoms with E-state index in [0.717, 1.165) is 24.1 Å². The topological polar surface area (TPSA) is 109 Å². The van der Waals surface area contributed by atoms with E-state index in [0.29, 0.717) is 30.6 Å². The summed E-state index contributed by atoms with van der Waals surface area (Å²) >= 11 is 0. The molecule has 0 spiro atoms. The number of carbonyl (C=O) groups excluding carboxylic acids is 2. The highest BCUT2D eigenvalue weighted by atomic mass is 35.5. The van der Waals surface area contributed by atoms with Gasteiger partial charge in [-0.2, -0.15) is 0 Å². The molecule has 0 saturated carbocycles. The van der Waals surface area contributed by atoms with Gasteiger partial charge in [-0.1, -0.05) is 12.1 Å². The number of halogens is 1. The fourth-order valence-corrected chi connectivity index (χ4v) is 3.35. The molecule has 0 atom stereocenters. The van der Waals surface area contributed by atoms with Crippen LogP contribution >= 0.6 is 12.4 Å². The van der Waals surface area contributed by atoms with E-state index in [9.17, 15) is 9.59 Å².